The number of aromatic nitrogens is 1. The van der Waals surface area contributed by atoms with E-state index in [1.54, 1.807) is 23.6 Å². The van der Waals surface area contributed by atoms with E-state index in [1.165, 1.54) is 11.3 Å². The number of fused-ring (bicyclic) bond motifs is 1. The highest BCUT2D eigenvalue weighted by atomic mass is 32.1. The second-order valence-corrected chi connectivity index (χ2v) is 6.79. The number of pyridine rings is 1. The van der Waals surface area contributed by atoms with E-state index in [2.05, 4.69) is 10.3 Å². The van der Waals surface area contributed by atoms with Crippen LogP contribution in [0.3, 0.4) is 0 Å². The molecule has 0 saturated heterocycles. The molecule has 0 radical (unpaired) electrons. The Hall–Kier alpha value is -2.31. The van der Waals surface area contributed by atoms with E-state index in [4.69, 9.17) is 0 Å². The molecule has 4 heterocycles. The van der Waals surface area contributed by atoms with Gasteiger partial charge in [0, 0.05) is 0 Å². The van der Waals surface area contributed by atoms with E-state index in [-0.39, 0.29) is 11.7 Å². The van der Waals surface area contributed by atoms with Gasteiger partial charge >= 0.3 is 0 Å². The molecule has 1 atom stereocenters. The summed E-state index contributed by atoms with van der Waals surface area (Å²) < 4.78 is 0. The first-order valence-electron chi connectivity index (χ1n) is 6.66. The first-order chi connectivity index (χ1) is 10.7. The summed E-state index contributed by atoms with van der Waals surface area (Å²) in [7, 11) is 0. The van der Waals surface area contributed by atoms with Crippen molar-refractivity contribution >= 4 is 40.1 Å². The van der Waals surface area contributed by atoms with Gasteiger partial charge in [-0.15, -0.1) is 22.7 Å². The van der Waals surface area contributed by atoms with Crippen LogP contribution in [0.5, 0.6) is 0 Å². The Kier molecular flexibility index (Phi) is 3.13. The van der Waals surface area contributed by atoms with Crippen molar-refractivity contribution in [2.45, 2.75) is 5.92 Å². The Morgan fingerprint density at radius 1 is 1.18 bits per heavy atom. The average Bonchev–Trinajstić information content (AvgIpc) is 3.26. The molecule has 3 aromatic heterocycles. The van der Waals surface area contributed by atoms with Gasteiger partial charge in [0.05, 0.1) is 27.3 Å². The highest BCUT2D eigenvalue weighted by Crippen LogP contribution is 2.37. The van der Waals surface area contributed by atoms with Crippen LogP contribution in [0.4, 0.5) is 5.69 Å². The number of nitrogens with one attached hydrogen (secondary N) is 1. The average molecular weight is 326 g/mol. The number of carbonyl (C=O) groups excluding carboxylic acids is 2. The number of hydrogen-bond donors (Lipinski definition) is 1. The lowest BCUT2D eigenvalue weighted by atomic mass is 9.95. The molecule has 1 amide bonds. The van der Waals surface area contributed by atoms with Crippen LogP contribution >= 0.6 is 22.7 Å². The van der Waals surface area contributed by atoms with E-state index in [0.717, 1.165) is 10.6 Å². The molecule has 4 nitrogen and oxygen atoms in total. The molecule has 0 aromatic carbocycles. The summed E-state index contributed by atoms with van der Waals surface area (Å²) in [6.07, 6.45) is 1.63. The van der Waals surface area contributed by atoms with Crippen molar-refractivity contribution in [3.8, 4) is 10.6 Å². The Labute approximate surface area is 134 Å². The Balaban J connectivity index is 1.79. The summed E-state index contributed by atoms with van der Waals surface area (Å²) in [4.78, 5) is 30.8. The largest absolute Gasteiger partial charge is 0.324 e. The fraction of sp³-hybridized carbons (Fsp3) is 0.0625. The van der Waals surface area contributed by atoms with Crippen molar-refractivity contribution in [1.29, 1.82) is 0 Å². The Morgan fingerprint density at radius 3 is 2.73 bits per heavy atom. The number of anilines is 1. The van der Waals surface area contributed by atoms with Gasteiger partial charge in [-0.1, -0.05) is 12.1 Å². The van der Waals surface area contributed by atoms with Gasteiger partial charge in [-0.3, -0.25) is 14.6 Å². The lowest BCUT2D eigenvalue weighted by Gasteiger charge is -2.07. The van der Waals surface area contributed by atoms with Crippen molar-refractivity contribution in [1.82, 2.24) is 4.98 Å². The van der Waals surface area contributed by atoms with Crippen LogP contribution in [0.2, 0.25) is 0 Å². The molecule has 0 bridgehead atoms. The molecule has 22 heavy (non-hydrogen) atoms. The van der Waals surface area contributed by atoms with Crippen molar-refractivity contribution in [3.05, 3.63) is 57.7 Å². The molecule has 1 aliphatic rings. The van der Waals surface area contributed by atoms with Gasteiger partial charge < -0.3 is 5.32 Å². The van der Waals surface area contributed by atoms with Gasteiger partial charge in [0.25, 0.3) is 0 Å². The van der Waals surface area contributed by atoms with Crippen molar-refractivity contribution in [3.63, 3.8) is 0 Å². The van der Waals surface area contributed by atoms with E-state index < -0.39 is 5.92 Å². The Bertz CT molecular complexity index is 854. The second-order valence-electron chi connectivity index (χ2n) is 4.90. The molecular weight excluding hydrogens is 316 g/mol. The molecule has 1 unspecified atom stereocenters. The van der Waals surface area contributed by atoms with E-state index in [9.17, 15) is 9.59 Å². The molecule has 3 aromatic rings. The van der Waals surface area contributed by atoms with E-state index in [0.29, 0.717) is 16.1 Å². The molecule has 0 spiro atoms. The number of hydrogen-bond acceptors (Lipinski definition) is 5. The maximum absolute atomic E-state index is 12.6. The van der Waals surface area contributed by atoms with Crippen molar-refractivity contribution < 1.29 is 9.59 Å². The minimum atomic E-state index is -0.782. The number of nitrogens with zero attached hydrogens (tertiary/aromatic N) is 1. The third-order valence-corrected chi connectivity index (χ3v) is 5.34. The van der Waals surface area contributed by atoms with Crippen LogP contribution in [0.15, 0.2) is 47.3 Å². The van der Waals surface area contributed by atoms with Crippen LogP contribution in [0.1, 0.15) is 21.2 Å². The standard InChI is InChI=1S/C16H10N2O2S2/c19-15(13-4-2-6-22-13)14-9-7-10(12-3-1-5-21-12)17-8-11(9)18-16(14)20/h1-8,14H,(H,18,20). The number of rotatable bonds is 3. The van der Waals surface area contributed by atoms with Crippen LogP contribution in [-0.4, -0.2) is 16.7 Å². The lowest BCUT2D eigenvalue weighted by molar-refractivity contribution is -0.116. The SMILES string of the molecule is O=C1Nc2cnc(-c3cccs3)cc2C1C(=O)c1cccs1. The zero-order valence-corrected chi connectivity index (χ0v) is 12.9. The Morgan fingerprint density at radius 2 is 2.00 bits per heavy atom. The predicted molar refractivity (Wildman–Crippen MR) is 87.6 cm³/mol. The summed E-state index contributed by atoms with van der Waals surface area (Å²) in [5.41, 5.74) is 2.12. The van der Waals surface area contributed by atoms with E-state index >= 15 is 0 Å². The highest BCUT2D eigenvalue weighted by Gasteiger charge is 2.37. The molecule has 1 N–H and O–H groups in total. The molecular formula is C16H10N2O2S2. The molecule has 0 aliphatic carbocycles. The molecule has 4 rings (SSSR count). The first kappa shape index (κ1) is 13.4. The number of ketones is 1. The van der Waals surface area contributed by atoms with Gasteiger partial charge in [-0.25, -0.2) is 0 Å². The number of amides is 1. The summed E-state index contributed by atoms with van der Waals surface area (Å²) in [5, 5.41) is 6.56. The normalized spacial score (nSPS) is 16.4. The second kappa shape index (κ2) is 5.15. The number of Topliss-reactive ketones (excluding diaryl/α,β-unsaturated/α-hetero) is 1. The third kappa shape index (κ3) is 2.08. The molecule has 6 heteroatoms. The van der Waals surface area contributed by atoms with Crippen LogP contribution in [0, 0.1) is 0 Å². The van der Waals surface area contributed by atoms with E-state index in [1.807, 2.05) is 35.0 Å². The minimum absolute atomic E-state index is 0.158. The number of thiophene rings is 2. The van der Waals surface area contributed by atoms with Gasteiger partial charge in [-0.2, -0.15) is 0 Å². The smallest absolute Gasteiger partial charge is 0.239 e. The summed E-state index contributed by atoms with van der Waals surface area (Å²) in [6.45, 7) is 0. The zero-order chi connectivity index (χ0) is 15.1. The van der Waals surface area contributed by atoms with Crippen LogP contribution < -0.4 is 5.32 Å². The molecule has 0 fully saturated rings. The molecule has 0 saturated carbocycles. The van der Waals surface area contributed by atoms with Gasteiger partial charge in [-0.05, 0) is 34.5 Å². The predicted octanol–water partition coefficient (Wildman–Crippen LogP) is 3.79. The minimum Gasteiger partial charge on any atom is -0.324 e. The number of carbonyl (C=O) groups is 2. The summed E-state index contributed by atoms with van der Waals surface area (Å²) in [5.74, 6) is -1.22. The zero-order valence-electron chi connectivity index (χ0n) is 11.3. The monoisotopic (exact) mass is 326 g/mol. The summed E-state index contributed by atoms with van der Waals surface area (Å²) in [6, 6.07) is 9.33. The van der Waals surface area contributed by atoms with Crippen LogP contribution in [0.25, 0.3) is 10.6 Å². The van der Waals surface area contributed by atoms with Gasteiger partial charge in [0.15, 0.2) is 5.78 Å². The topological polar surface area (TPSA) is 59.1 Å². The van der Waals surface area contributed by atoms with Gasteiger partial charge in [0.2, 0.25) is 5.91 Å². The fourth-order valence-corrected chi connectivity index (χ4v) is 3.93. The summed E-state index contributed by atoms with van der Waals surface area (Å²) >= 11 is 2.93. The fourth-order valence-electron chi connectivity index (χ4n) is 2.54. The molecule has 108 valence electrons. The maximum Gasteiger partial charge on any atom is 0.239 e. The maximum atomic E-state index is 12.6. The van der Waals surface area contributed by atoms with Crippen LogP contribution in [-0.2, 0) is 4.79 Å². The van der Waals surface area contributed by atoms with Crippen molar-refractivity contribution in [2.24, 2.45) is 0 Å². The molecule has 1 aliphatic heterocycles. The quantitative estimate of drug-likeness (QED) is 0.588. The first-order valence-corrected chi connectivity index (χ1v) is 8.42. The third-order valence-electron chi connectivity index (χ3n) is 3.57. The van der Waals surface area contributed by atoms with Gasteiger partial charge in [0.1, 0.15) is 5.92 Å². The lowest BCUT2D eigenvalue weighted by Crippen LogP contribution is -2.20. The highest BCUT2D eigenvalue weighted by molar-refractivity contribution is 7.13. The van der Waals surface area contributed by atoms with Crippen molar-refractivity contribution in [2.75, 3.05) is 5.32 Å².